The molecule has 1 fully saturated rings. The average molecular weight is 381 g/mol. The van der Waals surface area contributed by atoms with E-state index in [0.29, 0.717) is 18.7 Å². The number of nitrogens with zero attached hydrogens (tertiary/aromatic N) is 3. The van der Waals surface area contributed by atoms with Crippen molar-refractivity contribution in [1.29, 1.82) is 0 Å². The molecular formula is C16H19N3O4S2. The van der Waals surface area contributed by atoms with Crippen LogP contribution in [0.3, 0.4) is 0 Å². The molecule has 1 aliphatic rings. The van der Waals surface area contributed by atoms with Gasteiger partial charge in [0.15, 0.2) is 9.84 Å². The van der Waals surface area contributed by atoms with Gasteiger partial charge in [0.2, 0.25) is 5.91 Å². The molecule has 3 heterocycles. The van der Waals surface area contributed by atoms with E-state index in [1.165, 1.54) is 33.2 Å². The Morgan fingerprint density at radius 2 is 2.20 bits per heavy atom. The molecule has 0 aromatic carbocycles. The summed E-state index contributed by atoms with van der Waals surface area (Å²) in [6.07, 6.45) is 1.72. The number of sulfone groups is 1. The van der Waals surface area contributed by atoms with Crippen molar-refractivity contribution in [2.45, 2.75) is 25.1 Å². The highest BCUT2D eigenvalue weighted by Crippen LogP contribution is 2.32. The van der Waals surface area contributed by atoms with Crippen LogP contribution in [0.4, 0.5) is 0 Å². The van der Waals surface area contributed by atoms with Crippen LogP contribution in [0.1, 0.15) is 22.2 Å². The summed E-state index contributed by atoms with van der Waals surface area (Å²) in [5, 5.41) is 1.30. The minimum Gasteiger partial charge on any atom is -0.340 e. The molecule has 0 radical (unpaired) electrons. The molecule has 9 heteroatoms. The number of aryl methyl sites for hydroxylation is 1. The van der Waals surface area contributed by atoms with Crippen molar-refractivity contribution in [3.63, 3.8) is 0 Å². The number of thiophene rings is 1. The molecule has 0 spiro atoms. The monoisotopic (exact) mass is 381 g/mol. The first-order valence-corrected chi connectivity index (χ1v) is 10.5. The van der Waals surface area contributed by atoms with Crippen LogP contribution >= 0.6 is 11.3 Å². The fraction of sp³-hybridized carbons (Fsp3) is 0.438. The number of hydrogen-bond donors (Lipinski definition) is 0. The molecule has 1 aliphatic heterocycles. The van der Waals surface area contributed by atoms with Crippen LogP contribution in [0.15, 0.2) is 34.7 Å². The topological polar surface area (TPSA) is 89.3 Å². The molecule has 3 rings (SSSR count). The highest BCUT2D eigenvalue weighted by molar-refractivity contribution is 7.91. The summed E-state index contributed by atoms with van der Waals surface area (Å²) in [7, 11) is -3.30. The van der Waals surface area contributed by atoms with Crippen molar-refractivity contribution in [1.82, 2.24) is 14.5 Å². The summed E-state index contributed by atoms with van der Waals surface area (Å²) in [6.45, 7) is 2.08. The summed E-state index contributed by atoms with van der Waals surface area (Å²) < 4.78 is 26.3. The Morgan fingerprint density at radius 1 is 1.40 bits per heavy atom. The zero-order valence-corrected chi connectivity index (χ0v) is 15.4. The van der Waals surface area contributed by atoms with Crippen molar-refractivity contribution >= 4 is 27.1 Å². The molecule has 0 saturated carbocycles. The van der Waals surface area contributed by atoms with Gasteiger partial charge in [0, 0.05) is 29.7 Å². The molecular weight excluding hydrogens is 362 g/mol. The van der Waals surface area contributed by atoms with Crippen LogP contribution in [-0.4, -0.2) is 47.6 Å². The van der Waals surface area contributed by atoms with Crippen molar-refractivity contribution in [3.05, 3.63) is 50.8 Å². The molecule has 0 N–H and O–H groups in total. The number of aromatic nitrogens is 2. The Labute approximate surface area is 149 Å². The zero-order chi connectivity index (χ0) is 18.0. The third-order valence-corrected chi connectivity index (χ3v) is 7.52. The number of hydrogen-bond acceptors (Lipinski definition) is 6. The lowest BCUT2D eigenvalue weighted by Gasteiger charge is -2.20. The van der Waals surface area contributed by atoms with Crippen LogP contribution in [0.25, 0.3) is 0 Å². The van der Waals surface area contributed by atoms with Gasteiger partial charge in [-0.05, 0) is 24.8 Å². The maximum atomic E-state index is 12.5. The molecule has 134 valence electrons. The number of rotatable bonds is 3. The SMILES string of the molecule is Cc1cc(=O)n(CC(=O)N2CCC(c3cccs3)S(=O)(=O)CC2)cn1. The Kier molecular flexibility index (Phi) is 5.05. The number of amides is 1. The molecule has 0 bridgehead atoms. The van der Waals surface area contributed by atoms with Crippen molar-refractivity contribution in [3.8, 4) is 0 Å². The second-order valence-corrected chi connectivity index (χ2v) is 9.32. The Bertz CT molecular complexity index is 919. The van der Waals surface area contributed by atoms with Crippen molar-refractivity contribution in [2.75, 3.05) is 18.8 Å². The van der Waals surface area contributed by atoms with Gasteiger partial charge in [-0.2, -0.15) is 0 Å². The van der Waals surface area contributed by atoms with Gasteiger partial charge in [-0.1, -0.05) is 6.07 Å². The summed E-state index contributed by atoms with van der Waals surface area (Å²) >= 11 is 1.42. The largest absolute Gasteiger partial charge is 0.340 e. The third-order valence-electron chi connectivity index (χ3n) is 4.28. The zero-order valence-electron chi connectivity index (χ0n) is 13.8. The molecule has 0 aliphatic carbocycles. The minimum atomic E-state index is -3.30. The van der Waals surface area contributed by atoms with Gasteiger partial charge in [-0.15, -0.1) is 11.3 Å². The normalized spacial score (nSPS) is 20.2. The van der Waals surface area contributed by atoms with E-state index in [9.17, 15) is 18.0 Å². The van der Waals surface area contributed by atoms with Crippen molar-refractivity contribution < 1.29 is 13.2 Å². The first-order chi connectivity index (χ1) is 11.9. The van der Waals surface area contributed by atoms with Crippen LogP contribution < -0.4 is 5.56 Å². The van der Waals surface area contributed by atoms with E-state index in [1.807, 2.05) is 17.5 Å². The van der Waals surface area contributed by atoms with Crippen molar-refractivity contribution in [2.24, 2.45) is 0 Å². The highest BCUT2D eigenvalue weighted by atomic mass is 32.2. The standard InChI is InChI=1S/C16H19N3O4S2/c1-12-9-15(20)19(11-17-12)10-16(21)18-5-4-14(13-3-2-7-24-13)25(22,23)8-6-18/h2-3,7,9,11,14H,4-6,8,10H2,1H3. The summed E-state index contributed by atoms with van der Waals surface area (Å²) in [5.74, 6) is -0.336. The number of carbonyl (C=O) groups excluding carboxylic acids is 1. The lowest BCUT2D eigenvalue weighted by Crippen LogP contribution is -2.38. The number of carbonyl (C=O) groups is 1. The highest BCUT2D eigenvalue weighted by Gasteiger charge is 2.33. The molecule has 1 amide bonds. The fourth-order valence-electron chi connectivity index (χ4n) is 2.87. The fourth-order valence-corrected chi connectivity index (χ4v) is 5.87. The molecule has 1 atom stereocenters. The summed E-state index contributed by atoms with van der Waals surface area (Å²) in [4.78, 5) is 30.8. The van der Waals surface area contributed by atoms with E-state index >= 15 is 0 Å². The van der Waals surface area contributed by atoms with E-state index in [-0.39, 0.29) is 30.3 Å². The predicted molar refractivity (Wildman–Crippen MR) is 95.3 cm³/mol. The van der Waals surface area contributed by atoms with Crippen LogP contribution in [-0.2, 0) is 21.2 Å². The molecule has 7 nitrogen and oxygen atoms in total. The van der Waals surface area contributed by atoms with E-state index in [2.05, 4.69) is 4.98 Å². The van der Waals surface area contributed by atoms with Gasteiger partial charge in [0.25, 0.3) is 5.56 Å². The maximum Gasteiger partial charge on any atom is 0.253 e. The lowest BCUT2D eigenvalue weighted by atomic mass is 10.2. The smallest absolute Gasteiger partial charge is 0.253 e. The first-order valence-electron chi connectivity index (χ1n) is 7.92. The molecule has 2 aromatic heterocycles. The predicted octanol–water partition coefficient (Wildman–Crippen LogP) is 1.00. The van der Waals surface area contributed by atoms with Crippen LogP contribution in [0.5, 0.6) is 0 Å². The average Bonchev–Trinajstić information content (AvgIpc) is 3.01. The van der Waals surface area contributed by atoms with E-state index in [1.54, 1.807) is 6.92 Å². The second-order valence-electron chi connectivity index (χ2n) is 6.04. The Balaban J connectivity index is 1.74. The first kappa shape index (κ1) is 17.8. The summed E-state index contributed by atoms with van der Waals surface area (Å²) in [6, 6.07) is 5.02. The van der Waals surface area contributed by atoms with Gasteiger partial charge >= 0.3 is 0 Å². The minimum absolute atomic E-state index is 0.0671. The van der Waals surface area contributed by atoms with E-state index in [4.69, 9.17) is 0 Å². The van der Waals surface area contributed by atoms with E-state index < -0.39 is 15.1 Å². The van der Waals surface area contributed by atoms with Gasteiger partial charge in [0.05, 0.1) is 17.3 Å². The Hall–Kier alpha value is -2.00. The molecule has 2 aromatic rings. The van der Waals surface area contributed by atoms with Gasteiger partial charge in [0.1, 0.15) is 6.54 Å². The molecule has 25 heavy (non-hydrogen) atoms. The lowest BCUT2D eigenvalue weighted by molar-refractivity contribution is -0.131. The maximum absolute atomic E-state index is 12.5. The summed E-state index contributed by atoms with van der Waals surface area (Å²) in [5.41, 5.74) is 0.299. The van der Waals surface area contributed by atoms with E-state index in [0.717, 1.165) is 4.88 Å². The quantitative estimate of drug-likeness (QED) is 0.791. The molecule has 1 saturated heterocycles. The molecule has 1 unspecified atom stereocenters. The van der Waals surface area contributed by atoms with Crippen LogP contribution in [0.2, 0.25) is 0 Å². The van der Waals surface area contributed by atoms with Gasteiger partial charge < -0.3 is 4.90 Å². The second kappa shape index (κ2) is 7.09. The Morgan fingerprint density at radius 3 is 2.88 bits per heavy atom. The van der Waals surface area contributed by atoms with Gasteiger partial charge in [-0.3, -0.25) is 14.2 Å². The van der Waals surface area contributed by atoms with Gasteiger partial charge in [-0.25, -0.2) is 13.4 Å². The third kappa shape index (κ3) is 3.98. The van der Waals surface area contributed by atoms with Crippen LogP contribution in [0, 0.1) is 6.92 Å².